The van der Waals surface area contributed by atoms with Crippen molar-refractivity contribution in [3.05, 3.63) is 26.4 Å². The third-order valence-electron chi connectivity index (χ3n) is 6.46. The van der Waals surface area contributed by atoms with Crippen molar-refractivity contribution in [2.45, 2.75) is 46.1 Å². The van der Waals surface area contributed by atoms with Gasteiger partial charge in [-0.15, -0.1) is 0 Å². The smallest absolute Gasteiger partial charge is 0.330 e. The minimum absolute atomic E-state index is 0.0475. The zero-order chi connectivity index (χ0) is 16.3. The third-order valence-corrected chi connectivity index (χ3v) is 6.46. The van der Waals surface area contributed by atoms with Crippen LogP contribution in [0.1, 0.15) is 45.6 Å². The van der Waals surface area contributed by atoms with Gasteiger partial charge in [-0.1, -0.05) is 20.8 Å². The predicted octanol–water partition coefficient (Wildman–Crippen LogP) is 1.41. The molecule has 0 amide bonds. The Bertz CT molecular complexity index is 759. The molecule has 2 N–H and O–H groups in total. The number of fused-ring (bicyclic) bond motifs is 2. The molecule has 2 aliphatic rings. The minimum Gasteiger partial charge on any atom is -0.494 e. The second kappa shape index (κ2) is 4.57. The van der Waals surface area contributed by atoms with Gasteiger partial charge in [0.25, 0.3) is 5.56 Å². The van der Waals surface area contributed by atoms with Crippen molar-refractivity contribution < 1.29 is 5.11 Å². The molecule has 2 aliphatic carbocycles. The molecule has 22 heavy (non-hydrogen) atoms. The largest absolute Gasteiger partial charge is 0.494 e. The predicted molar refractivity (Wildman–Crippen MR) is 84.6 cm³/mol. The molecule has 2 fully saturated rings. The average Bonchev–Trinajstić information content (AvgIpc) is 2.78. The lowest BCUT2D eigenvalue weighted by Crippen LogP contribution is -2.35. The lowest BCUT2D eigenvalue weighted by Gasteiger charge is -2.37. The highest BCUT2D eigenvalue weighted by atomic mass is 16.3. The molecular formula is C16H23N3O3. The first-order chi connectivity index (χ1) is 10.2. The van der Waals surface area contributed by atoms with Gasteiger partial charge in [0.15, 0.2) is 0 Å². The summed E-state index contributed by atoms with van der Waals surface area (Å²) >= 11 is 0. The Kier molecular flexibility index (Phi) is 3.13. The summed E-state index contributed by atoms with van der Waals surface area (Å²) in [4.78, 5) is 30.1. The van der Waals surface area contributed by atoms with Crippen LogP contribution in [0.15, 0.2) is 14.6 Å². The molecule has 2 saturated carbocycles. The van der Waals surface area contributed by atoms with Gasteiger partial charge in [-0.2, -0.15) is 0 Å². The highest BCUT2D eigenvalue weighted by Gasteiger charge is 2.61. The van der Waals surface area contributed by atoms with E-state index in [2.05, 4.69) is 30.7 Å². The number of rotatable bonds is 2. The van der Waals surface area contributed by atoms with Gasteiger partial charge in [-0.25, -0.2) is 4.79 Å². The lowest BCUT2D eigenvalue weighted by molar-refractivity contribution is 0.137. The van der Waals surface area contributed by atoms with Crippen molar-refractivity contribution in [2.75, 3.05) is 0 Å². The summed E-state index contributed by atoms with van der Waals surface area (Å²) in [6.45, 7) is 6.88. The Labute approximate surface area is 128 Å². The number of hydrogen-bond donors (Lipinski definition) is 2. The Hall–Kier alpha value is -1.85. The number of aromatic hydroxyl groups is 1. The Balaban J connectivity index is 1.96. The number of aromatic amines is 1. The molecule has 0 unspecified atom stereocenters. The number of nitrogens with one attached hydrogen (secondary N) is 1. The molecule has 1 aromatic rings. The van der Waals surface area contributed by atoms with Crippen LogP contribution in [0.3, 0.4) is 0 Å². The number of hydrogen-bond acceptors (Lipinski definition) is 4. The van der Waals surface area contributed by atoms with E-state index in [-0.39, 0.29) is 28.3 Å². The lowest BCUT2D eigenvalue weighted by atomic mass is 9.69. The fourth-order valence-corrected chi connectivity index (χ4v) is 4.29. The van der Waals surface area contributed by atoms with Gasteiger partial charge in [0, 0.05) is 13.3 Å². The molecule has 1 aromatic heterocycles. The molecule has 0 radical (unpaired) electrons. The first-order valence-electron chi connectivity index (χ1n) is 7.74. The van der Waals surface area contributed by atoms with Gasteiger partial charge < -0.3 is 5.11 Å². The Morgan fingerprint density at radius 3 is 2.59 bits per heavy atom. The quantitative estimate of drug-likeness (QED) is 0.810. The molecule has 2 bridgehead atoms. The average molecular weight is 305 g/mol. The number of aliphatic imine (C=N–C) groups is 1. The highest BCUT2D eigenvalue weighted by molar-refractivity contribution is 5.82. The van der Waals surface area contributed by atoms with Gasteiger partial charge in [-0.05, 0) is 36.0 Å². The normalized spacial score (nSPS) is 32.9. The highest BCUT2D eigenvalue weighted by Crippen LogP contribution is 2.66. The summed E-state index contributed by atoms with van der Waals surface area (Å²) in [5.41, 5.74) is -0.819. The van der Waals surface area contributed by atoms with Crippen LogP contribution in [0.25, 0.3) is 0 Å². The maximum Gasteiger partial charge on any atom is 0.330 e. The summed E-state index contributed by atoms with van der Waals surface area (Å²) in [5, 5.41) is 9.98. The van der Waals surface area contributed by atoms with Crippen molar-refractivity contribution >= 4 is 6.21 Å². The van der Waals surface area contributed by atoms with Gasteiger partial charge in [0.2, 0.25) is 5.88 Å². The van der Waals surface area contributed by atoms with Gasteiger partial charge in [0.05, 0.1) is 6.04 Å². The summed E-state index contributed by atoms with van der Waals surface area (Å²) in [6.07, 6.45) is 4.83. The fraction of sp³-hybridized carbons (Fsp3) is 0.688. The van der Waals surface area contributed by atoms with E-state index in [0.29, 0.717) is 5.92 Å². The molecule has 6 nitrogen and oxygen atoms in total. The standard InChI is InChI=1S/C16H23N3O3/c1-15(2)9-5-6-16(15,3)11(7-9)17-8-10-12(20)18-14(22)19(4)13(10)21/h8-9,11,21H,5-7H2,1-4H3,(H,18,20,22)/t9-,11-,16-/m0/s1. The molecular weight excluding hydrogens is 282 g/mol. The molecule has 3 atom stereocenters. The van der Waals surface area contributed by atoms with Gasteiger partial charge in [0.1, 0.15) is 5.56 Å². The topological polar surface area (TPSA) is 87.4 Å². The van der Waals surface area contributed by atoms with Crippen molar-refractivity contribution in [3.8, 4) is 5.88 Å². The maximum absolute atomic E-state index is 11.9. The van der Waals surface area contributed by atoms with E-state index < -0.39 is 11.2 Å². The van der Waals surface area contributed by atoms with Crippen LogP contribution in [-0.2, 0) is 7.05 Å². The van der Waals surface area contributed by atoms with Crippen LogP contribution in [0, 0.1) is 16.7 Å². The van der Waals surface area contributed by atoms with Gasteiger partial charge in [-0.3, -0.25) is 19.3 Å². The van der Waals surface area contributed by atoms with Gasteiger partial charge >= 0.3 is 5.69 Å². The van der Waals surface area contributed by atoms with E-state index in [1.807, 2.05) is 0 Å². The van der Waals surface area contributed by atoms with E-state index in [1.54, 1.807) is 0 Å². The van der Waals surface area contributed by atoms with Crippen molar-refractivity contribution in [3.63, 3.8) is 0 Å². The van der Waals surface area contributed by atoms with Crippen LogP contribution in [0.4, 0.5) is 0 Å². The molecule has 0 aliphatic heterocycles. The fourth-order valence-electron chi connectivity index (χ4n) is 4.29. The minimum atomic E-state index is -0.632. The molecule has 6 heteroatoms. The molecule has 120 valence electrons. The Morgan fingerprint density at radius 1 is 1.36 bits per heavy atom. The van der Waals surface area contributed by atoms with E-state index in [0.717, 1.165) is 17.4 Å². The van der Waals surface area contributed by atoms with E-state index >= 15 is 0 Å². The number of H-pyrrole nitrogens is 1. The molecule has 3 rings (SSSR count). The Morgan fingerprint density at radius 2 is 2.05 bits per heavy atom. The van der Waals surface area contributed by atoms with Crippen molar-refractivity contribution in [1.29, 1.82) is 0 Å². The van der Waals surface area contributed by atoms with Crippen LogP contribution < -0.4 is 11.2 Å². The second-order valence-corrected chi connectivity index (χ2v) is 7.46. The molecule has 0 saturated heterocycles. The second-order valence-electron chi connectivity index (χ2n) is 7.46. The summed E-state index contributed by atoms with van der Waals surface area (Å²) in [5.74, 6) is 0.316. The van der Waals surface area contributed by atoms with Crippen LogP contribution in [0.5, 0.6) is 5.88 Å². The van der Waals surface area contributed by atoms with Crippen molar-refractivity contribution in [2.24, 2.45) is 28.8 Å². The number of nitrogens with zero attached hydrogens (tertiary/aromatic N) is 2. The molecule has 0 spiro atoms. The van der Waals surface area contributed by atoms with Crippen LogP contribution >= 0.6 is 0 Å². The first-order valence-corrected chi connectivity index (χ1v) is 7.74. The van der Waals surface area contributed by atoms with Crippen molar-refractivity contribution in [1.82, 2.24) is 9.55 Å². The van der Waals surface area contributed by atoms with E-state index in [1.165, 1.54) is 19.7 Å². The summed E-state index contributed by atoms with van der Waals surface area (Å²) < 4.78 is 1.01. The first kappa shape index (κ1) is 15.1. The zero-order valence-electron chi connectivity index (χ0n) is 13.5. The molecule has 0 aromatic carbocycles. The zero-order valence-corrected chi connectivity index (χ0v) is 13.5. The number of aromatic nitrogens is 2. The van der Waals surface area contributed by atoms with E-state index in [9.17, 15) is 14.7 Å². The van der Waals surface area contributed by atoms with Crippen LogP contribution in [-0.4, -0.2) is 26.9 Å². The third kappa shape index (κ3) is 1.82. The van der Waals surface area contributed by atoms with Crippen LogP contribution in [0.2, 0.25) is 0 Å². The maximum atomic E-state index is 11.9. The molecule has 1 heterocycles. The summed E-state index contributed by atoms with van der Waals surface area (Å²) in [6, 6.07) is 0.150. The SMILES string of the molecule is Cn1c(O)c(C=N[C@H]2C[C@@H]3CC[C@]2(C)C3(C)C)c(=O)[nH]c1=O. The monoisotopic (exact) mass is 305 g/mol. The van der Waals surface area contributed by atoms with E-state index in [4.69, 9.17) is 0 Å². The summed E-state index contributed by atoms with van der Waals surface area (Å²) in [7, 11) is 1.41.